The summed E-state index contributed by atoms with van der Waals surface area (Å²) < 4.78 is 0. The van der Waals surface area contributed by atoms with E-state index < -0.39 is 4.92 Å². The molecule has 1 aromatic heterocycles. The Kier molecular flexibility index (Phi) is 2.79. The normalized spacial score (nSPS) is 9.59. The Balaban J connectivity index is 2.71. The van der Waals surface area contributed by atoms with Gasteiger partial charge < -0.3 is 0 Å². The zero-order chi connectivity index (χ0) is 12.3. The number of nitro groups is 1. The lowest BCUT2D eigenvalue weighted by Gasteiger charge is -2.03. The molecule has 0 atom stereocenters. The minimum absolute atomic E-state index is 0.0312. The molecule has 0 radical (unpaired) electrons. The molecule has 5 nitrogen and oxygen atoms in total. The zero-order valence-electron chi connectivity index (χ0n) is 8.70. The number of aromatic nitrogens is 1. The van der Waals surface area contributed by atoms with Crippen LogP contribution in [-0.2, 0) is 0 Å². The van der Waals surface area contributed by atoms with Crippen LogP contribution in [0.4, 0.5) is 5.69 Å². The van der Waals surface area contributed by atoms with Crippen molar-refractivity contribution in [2.24, 2.45) is 0 Å². The largest absolute Gasteiger partial charge is 0.297 e. The first kappa shape index (κ1) is 10.8. The Morgan fingerprint density at radius 1 is 1.24 bits per heavy atom. The number of hydrogen-bond donors (Lipinski definition) is 0. The Morgan fingerprint density at radius 3 is 2.53 bits per heavy atom. The maximum atomic E-state index is 11.0. The van der Waals surface area contributed by atoms with Gasteiger partial charge in [-0.3, -0.25) is 15.1 Å². The van der Waals surface area contributed by atoms with Crippen molar-refractivity contribution < 1.29 is 4.92 Å². The molecule has 0 unspecified atom stereocenters. The standard InChI is InChI=1S/C12H7N3O2/c13-6-10-7-14-8-11(12(10)15(16)17)9-4-2-1-3-5-9/h1-5,7-8H. The van der Waals surface area contributed by atoms with Crippen molar-refractivity contribution >= 4 is 5.69 Å². The molecular formula is C12H7N3O2. The van der Waals surface area contributed by atoms with Crippen LogP contribution in [0.25, 0.3) is 11.1 Å². The summed E-state index contributed by atoms with van der Waals surface area (Å²) in [4.78, 5) is 14.3. The monoisotopic (exact) mass is 225 g/mol. The van der Waals surface area contributed by atoms with Gasteiger partial charge in [0.15, 0.2) is 0 Å². The fourth-order valence-corrected chi connectivity index (χ4v) is 1.56. The van der Waals surface area contributed by atoms with Crippen LogP contribution in [-0.4, -0.2) is 9.91 Å². The predicted octanol–water partition coefficient (Wildman–Crippen LogP) is 2.53. The first-order valence-corrected chi connectivity index (χ1v) is 4.82. The van der Waals surface area contributed by atoms with Gasteiger partial charge in [-0.15, -0.1) is 0 Å². The number of pyridine rings is 1. The van der Waals surface area contributed by atoms with E-state index in [0.717, 1.165) is 0 Å². The van der Waals surface area contributed by atoms with Gasteiger partial charge in [0.2, 0.25) is 0 Å². The topological polar surface area (TPSA) is 79.8 Å². The highest BCUT2D eigenvalue weighted by molar-refractivity contribution is 5.75. The molecule has 1 heterocycles. The average Bonchev–Trinajstić information content (AvgIpc) is 2.38. The Bertz CT molecular complexity index is 603. The molecule has 0 aliphatic rings. The van der Waals surface area contributed by atoms with Crippen molar-refractivity contribution in [3.05, 3.63) is 58.4 Å². The molecule has 5 heteroatoms. The number of rotatable bonds is 2. The molecule has 2 rings (SSSR count). The third kappa shape index (κ3) is 1.96. The van der Waals surface area contributed by atoms with Crippen molar-refractivity contribution in [3.63, 3.8) is 0 Å². The zero-order valence-corrected chi connectivity index (χ0v) is 8.70. The molecule has 0 saturated carbocycles. The average molecular weight is 225 g/mol. The van der Waals surface area contributed by atoms with Crippen LogP contribution >= 0.6 is 0 Å². The molecule has 0 amide bonds. The third-order valence-electron chi connectivity index (χ3n) is 2.31. The van der Waals surface area contributed by atoms with E-state index in [4.69, 9.17) is 5.26 Å². The summed E-state index contributed by atoms with van der Waals surface area (Å²) in [7, 11) is 0. The second-order valence-electron chi connectivity index (χ2n) is 3.32. The minimum Gasteiger partial charge on any atom is -0.262 e. The third-order valence-corrected chi connectivity index (χ3v) is 2.31. The van der Waals surface area contributed by atoms with Crippen molar-refractivity contribution in [1.82, 2.24) is 4.98 Å². The first-order chi connectivity index (χ1) is 8.24. The molecule has 0 spiro atoms. The summed E-state index contributed by atoms with van der Waals surface area (Å²) in [5.41, 5.74) is 0.795. The van der Waals surface area contributed by atoms with Crippen molar-refractivity contribution in [2.45, 2.75) is 0 Å². The van der Waals surface area contributed by atoms with Gasteiger partial charge in [0.25, 0.3) is 5.69 Å². The highest BCUT2D eigenvalue weighted by atomic mass is 16.6. The summed E-state index contributed by atoms with van der Waals surface area (Å²) in [6.07, 6.45) is 2.60. The maximum absolute atomic E-state index is 11.0. The maximum Gasteiger partial charge on any atom is 0.297 e. The Hall–Kier alpha value is -2.74. The van der Waals surface area contributed by atoms with Gasteiger partial charge in [0.1, 0.15) is 11.6 Å². The first-order valence-electron chi connectivity index (χ1n) is 4.82. The van der Waals surface area contributed by atoms with E-state index in [1.807, 2.05) is 6.07 Å². The number of benzene rings is 1. The van der Waals surface area contributed by atoms with Gasteiger partial charge in [-0.1, -0.05) is 30.3 Å². The highest BCUT2D eigenvalue weighted by Crippen LogP contribution is 2.31. The molecule has 0 bridgehead atoms. The van der Waals surface area contributed by atoms with Gasteiger partial charge in [-0.25, -0.2) is 0 Å². The summed E-state index contributed by atoms with van der Waals surface area (Å²) in [6.45, 7) is 0. The van der Waals surface area contributed by atoms with Crippen LogP contribution < -0.4 is 0 Å². The Morgan fingerprint density at radius 2 is 1.94 bits per heavy atom. The lowest BCUT2D eigenvalue weighted by Crippen LogP contribution is -1.96. The molecule has 0 aliphatic carbocycles. The van der Waals surface area contributed by atoms with E-state index in [-0.39, 0.29) is 11.3 Å². The molecule has 2 aromatic rings. The van der Waals surface area contributed by atoms with Crippen LogP contribution in [0.1, 0.15) is 5.56 Å². The quantitative estimate of drug-likeness (QED) is 0.581. The number of nitriles is 1. The molecule has 82 valence electrons. The van der Waals surface area contributed by atoms with Crippen LogP contribution in [0, 0.1) is 21.4 Å². The van der Waals surface area contributed by atoms with E-state index >= 15 is 0 Å². The number of hydrogen-bond acceptors (Lipinski definition) is 4. The van der Waals surface area contributed by atoms with Crippen LogP contribution in [0.5, 0.6) is 0 Å². The lowest BCUT2D eigenvalue weighted by molar-refractivity contribution is -0.384. The predicted molar refractivity (Wildman–Crippen MR) is 61.0 cm³/mol. The van der Waals surface area contributed by atoms with Gasteiger partial charge in [0.05, 0.1) is 16.7 Å². The molecule has 0 fully saturated rings. The fraction of sp³-hybridized carbons (Fsp3) is 0. The highest BCUT2D eigenvalue weighted by Gasteiger charge is 2.20. The van der Waals surface area contributed by atoms with Crippen LogP contribution in [0.2, 0.25) is 0 Å². The molecule has 1 aromatic carbocycles. The van der Waals surface area contributed by atoms with E-state index in [2.05, 4.69) is 4.98 Å². The fourth-order valence-electron chi connectivity index (χ4n) is 1.56. The van der Waals surface area contributed by atoms with Crippen molar-refractivity contribution in [2.75, 3.05) is 0 Å². The minimum atomic E-state index is -0.553. The van der Waals surface area contributed by atoms with Crippen molar-refractivity contribution in [1.29, 1.82) is 5.26 Å². The molecule has 0 saturated heterocycles. The summed E-state index contributed by atoms with van der Waals surface area (Å²) in [6, 6.07) is 10.6. The Labute approximate surface area is 97.1 Å². The van der Waals surface area contributed by atoms with Crippen LogP contribution in [0.15, 0.2) is 42.7 Å². The summed E-state index contributed by atoms with van der Waals surface area (Å²) in [5, 5.41) is 19.8. The van der Waals surface area contributed by atoms with Gasteiger partial charge in [-0.2, -0.15) is 5.26 Å². The molecular weight excluding hydrogens is 218 g/mol. The summed E-state index contributed by atoms with van der Waals surface area (Å²) >= 11 is 0. The molecule has 0 N–H and O–H groups in total. The smallest absolute Gasteiger partial charge is 0.262 e. The van der Waals surface area contributed by atoms with Crippen LogP contribution in [0.3, 0.4) is 0 Å². The van der Waals surface area contributed by atoms with E-state index in [1.54, 1.807) is 30.3 Å². The lowest BCUT2D eigenvalue weighted by atomic mass is 10.0. The van der Waals surface area contributed by atoms with Gasteiger partial charge >= 0.3 is 0 Å². The van der Waals surface area contributed by atoms with Crippen molar-refractivity contribution in [3.8, 4) is 17.2 Å². The number of nitrogens with zero attached hydrogens (tertiary/aromatic N) is 3. The van der Waals surface area contributed by atoms with Gasteiger partial charge in [0, 0.05) is 6.20 Å². The summed E-state index contributed by atoms with van der Waals surface area (Å²) in [5.74, 6) is 0. The molecule has 0 aliphatic heterocycles. The second-order valence-corrected chi connectivity index (χ2v) is 3.32. The second kappa shape index (κ2) is 4.41. The van der Waals surface area contributed by atoms with E-state index in [9.17, 15) is 10.1 Å². The van der Waals surface area contributed by atoms with E-state index in [1.165, 1.54) is 12.4 Å². The molecule has 17 heavy (non-hydrogen) atoms. The SMILES string of the molecule is N#Cc1cncc(-c2ccccc2)c1[N+](=O)[O-]. The van der Waals surface area contributed by atoms with Gasteiger partial charge in [-0.05, 0) is 5.56 Å². The van der Waals surface area contributed by atoms with E-state index in [0.29, 0.717) is 11.1 Å².